The molecule has 0 amide bonds. The van der Waals surface area contributed by atoms with Gasteiger partial charge in [-0.3, -0.25) is 4.98 Å². The molecule has 0 aliphatic heterocycles. The number of rotatable bonds is 4. The van der Waals surface area contributed by atoms with Crippen LogP contribution in [0.5, 0.6) is 5.75 Å². The Morgan fingerprint density at radius 1 is 1.47 bits per heavy atom. The van der Waals surface area contributed by atoms with Crippen molar-refractivity contribution in [1.29, 1.82) is 0 Å². The van der Waals surface area contributed by atoms with Crippen LogP contribution in [0, 0.1) is 0 Å². The standard InChI is InChI=1S/C11H14N4OS/c1-7(2)10-14-11(17-15-10)13-6-8-9(16)4-3-5-12-8/h3-5,7,16H,6H2,1-2H3,(H,13,14,15). The van der Waals surface area contributed by atoms with E-state index in [2.05, 4.69) is 33.5 Å². The van der Waals surface area contributed by atoms with E-state index in [4.69, 9.17) is 0 Å². The van der Waals surface area contributed by atoms with E-state index in [1.807, 2.05) is 0 Å². The first-order valence-electron chi connectivity index (χ1n) is 5.37. The van der Waals surface area contributed by atoms with Gasteiger partial charge >= 0.3 is 0 Å². The molecule has 90 valence electrons. The summed E-state index contributed by atoms with van der Waals surface area (Å²) >= 11 is 1.32. The molecule has 2 N–H and O–H groups in total. The summed E-state index contributed by atoms with van der Waals surface area (Å²) in [6, 6.07) is 3.31. The molecule has 0 fully saturated rings. The topological polar surface area (TPSA) is 70.9 Å². The molecule has 5 nitrogen and oxygen atoms in total. The van der Waals surface area contributed by atoms with Gasteiger partial charge in [0, 0.05) is 23.6 Å². The average Bonchev–Trinajstić information content (AvgIpc) is 2.77. The van der Waals surface area contributed by atoms with Crippen LogP contribution in [0.15, 0.2) is 18.3 Å². The molecule has 0 unspecified atom stereocenters. The predicted octanol–water partition coefficient (Wildman–Crippen LogP) is 2.37. The van der Waals surface area contributed by atoms with Crippen LogP contribution in [0.3, 0.4) is 0 Å². The Labute approximate surface area is 104 Å². The van der Waals surface area contributed by atoms with Crippen molar-refractivity contribution in [2.24, 2.45) is 0 Å². The van der Waals surface area contributed by atoms with Crippen molar-refractivity contribution in [3.63, 3.8) is 0 Å². The summed E-state index contributed by atoms with van der Waals surface area (Å²) in [5, 5.41) is 13.4. The number of aromatic nitrogens is 3. The zero-order valence-electron chi connectivity index (χ0n) is 9.71. The summed E-state index contributed by atoms with van der Waals surface area (Å²) < 4.78 is 4.24. The molecule has 0 saturated heterocycles. The number of nitrogens with zero attached hydrogens (tertiary/aromatic N) is 3. The zero-order valence-corrected chi connectivity index (χ0v) is 10.5. The quantitative estimate of drug-likeness (QED) is 0.871. The maximum absolute atomic E-state index is 9.55. The molecular formula is C11H14N4OS. The van der Waals surface area contributed by atoms with Gasteiger partial charge in [-0.2, -0.15) is 4.37 Å². The Kier molecular flexibility index (Phi) is 3.53. The lowest BCUT2D eigenvalue weighted by Crippen LogP contribution is -2.01. The van der Waals surface area contributed by atoms with Gasteiger partial charge in [0.1, 0.15) is 17.3 Å². The summed E-state index contributed by atoms with van der Waals surface area (Å²) in [6.45, 7) is 4.55. The average molecular weight is 250 g/mol. The number of hydrogen-bond donors (Lipinski definition) is 2. The van der Waals surface area contributed by atoms with Gasteiger partial charge in [0.15, 0.2) is 0 Å². The van der Waals surface area contributed by atoms with Crippen molar-refractivity contribution in [2.75, 3.05) is 5.32 Å². The van der Waals surface area contributed by atoms with Crippen molar-refractivity contribution in [2.45, 2.75) is 26.3 Å². The predicted molar refractivity (Wildman–Crippen MR) is 67.2 cm³/mol. The molecule has 0 atom stereocenters. The van der Waals surface area contributed by atoms with Crippen molar-refractivity contribution >= 4 is 16.7 Å². The lowest BCUT2D eigenvalue weighted by molar-refractivity contribution is 0.465. The normalized spacial score (nSPS) is 10.8. The van der Waals surface area contributed by atoms with Crippen molar-refractivity contribution in [3.05, 3.63) is 29.8 Å². The Morgan fingerprint density at radius 2 is 2.29 bits per heavy atom. The Bertz CT molecular complexity index is 498. The maximum atomic E-state index is 9.55. The molecule has 2 heterocycles. The van der Waals surface area contributed by atoms with Crippen LogP contribution in [-0.2, 0) is 6.54 Å². The first-order valence-corrected chi connectivity index (χ1v) is 6.14. The third-order valence-electron chi connectivity index (χ3n) is 2.23. The number of hydrogen-bond acceptors (Lipinski definition) is 6. The molecule has 2 aromatic rings. The number of nitrogens with one attached hydrogen (secondary N) is 1. The first-order chi connectivity index (χ1) is 8.16. The minimum absolute atomic E-state index is 0.189. The molecule has 0 aromatic carbocycles. The van der Waals surface area contributed by atoms with Crippen molar-refractivity contribution in [3.8, 4) is 5.75 Å². The highest BCUT2D eigenvalue weighted by Crippen LogP contribution is 2.19. The van der Waals surface area contributed by atoms with E-state index < -0.39 is 0 Å². The van der Waals surface area contributed by atoms with Gasteiger partial charge in [-0.15, -0.1) is 0 Å². The Morgan fingerprint density at radius 3 is 2.94 bits per heavy atom. The minimum Gasteiger partial charge on any atom is -0.506 e. The molecule has 0 bridgehead atoms. The zero-order chi connectivity index (χ0) is 12.3. The van der Waals surface area contributed by atoms with Crippen LogP contribution in [0.1, 0.15) is 31.3 Å². The molecule has 0 aliphatic rings. The van der Waals surface area contributed by atoms with Crippen LogP contribution >= 0.6 is 11.5 Å². The van der Waals surface area contributed by atoms with E-state index in [0.717, 1.165) is 11.0 Å². The Hall–Kier alpha value is -1.69. The molecule has 0 spiro atoms. The molecular weight excluding hydrogens is 236 g/mol. The SMILES string of the molecule is CC(C)c1nsc(NCc2ncccc2O)n1. The minimum atomic E-state index is 0.189. The third-order valence-corrected chi connectivity index (χ3v) is 2.92. The Balaban J connectivity index is 2.00. The van der Waals surface area contributed by atoms with E-state index in [1.54, 1.807) is 18.3 Å². The maximum Gasteiger partial charge on any atom is 0.202 e. The van der Waals surface area contributed by atoms with Gasteiger partial charge in [-0.25, -0.2) is 4.98 Å². The molecule has 2 aromatic heterocycles. The number of anilines is 1. The third kappa shape index (κ3) is 2.91. The fourth-order valence-corrected chi connectivity index (χ4v) is 1.97. The van der Waals surface area contributed by atoms with Crippen molar-refractivity contribution in [1.82, 2.24) is 14.3 Å². The highest BCUT2D eigenvalue weighted by molar-refractivity contribution is 7.09. The summed E-state index contributed by atoms with van der Waals surface area (Å²) in [6.07, 6.45) is 1.65. The summed E-state index contributed by atoms with van der Waals surface area (Å²) in [5.41, 5.74) is 0.605. The fraction of sp³-hybridized carbons (Fsp3) is 0.364. The molecule has 0 saturated carbocycles. The fourth-order valence-electron chi connectivity index (χ4n) is 1.27. The van der Waals surface area contributed by atoms with Crippen LogP contribution in [0.4, 0.5) is 5.13 Å². The number of pyridine rings is 1. The molecule has 6 heteroatoms. The lowest BCUT2D eigenvalue weighted by atomic mass is 10.2. The van der Waals surface area contributed by atoms with Gasteiger partial charge in [-0.05, 0) is 12.1 Å². The van der Waals surface area contributed by atoms with Crippen LogP contribution in [-0.4, -0.2) is 19.4 Å². The largest absolute Gasteiger partial charge is 0.506 e. The monoisotopic (exact) mass is 250 g/mol. The molecule has 0 aliphatic carbocycles. The van der Waals surface area contributed by atoms with E-state index in [9.17, 15) is 5.11 Å². The second kappa shape index (κ2) is 5.09. The smallest absolute Gasteiger partial charge is 0.202 e. The van der Waals surface area contributed by atoms with E-state index in [-0.39, 0.29) is 5.75 Å². The summed E-state index contributed by atoms with van der Waals surface area (Å²) in [5.74, 6) is 1.35. The lowest BCUT2D eigenvalue weighted by Gasteiger charge is -2.03. The van der Waals surface area contributed by atoms with Crippen LogP contribution in [0.2, 0.25) is 0 Å². The number of aromatic hydroxyl groups is 1. The van der Waals surface area contributed by atoms with Gasteiger partial charge in [0.2, 0.25) is 5.13 Å². The molecule has 0 radical (unpaired) electrons. The van der Waals surface area contributed by atoms with E-state index in [1.165, 1.54) is 11.5 Å². The highest BCUT2D eigenvalue weighted by Gasteiger charge is 2.08. The second-order valence-electron chi connectivity index (χ2n) is 3.94. The van der Waals surface area contributed by atoms with Gasteiger partial charge in [-0.1, -0.05) is 13.8 Å². The molecule has 17 heavy (non-hydrogen) atoms. The highest BCUT2D eigenvalue weighted by atomic mass is 32.1. The van der Waals surface area contributed by atoms with Gasteiger partial charge in [0.25, 0.3) is 0 Å². The summed E-state index contributed by atoms with van der Waals surface area (Å²) in [4.78, 5) is 8.42. The van der Waals surface area contributed by atoms with Crippen LogP contribution in [0.25, 0.3) is 0 Å². The molecule has 2 rings (SSSR count). The van der Waals surface area contributed by atoms with Crippen LogP contribution < -0.4 is 5.32 Å². The van der Waals surface area contributed by atoms with Gasteiger partial charge in [0.05, 0.1) is 6.54 Å². The second-order valence-corrected chi connectivity index (χ2v) is 4.69. The summed E-state index contributed by atoms with van der Waals surface area (Å²) in [7, 11) is 0. The van der Waals surface area contributed by atoms with E-state index >= 15 is 0 Å². The van der Waals surface area contributed by atoms with E-state index in [0.29, 0.717) is 18.2 Å². The van der Waals surface area contributed by atoms with Gasteiger partial charge < -0.3 is 10.4 Å². The van der Waals surface area contributed by atoms with Crippen molar-refractivity contribution < 1.29 is 5.11 Å². The first kappa shape index (κ1) is 11.8.